The second-order valence-electron chi connectivity index (χ2n) is 4.85. The lowest BCUT2D eigenvalue weighted by Crippen LogP contribution is -2.34. The van der Waals surface area contributed by atoms with Gasteiger partial charge in [-0.15, -0.1) is 0 Å². The number of rotatable bonds is 1. The highest BCUT2D eigenvalue weighted by Crippen LogP contribution is 2.34. The van der Waals surface area contributed by atoms with Crippen LogP contribution in [0.2, 0.25) is 0 Å². The lowest BCUT2D eigenvalue weighted by Gasteiger charge is -2.20. The molecule has 0 unspecified atom stereocenters. The molecular formula is C14H17NO2. The maximum absolute atomic E-state index is 12.2. The van der Waals surface area contributed by atoms with E-state index in [1.807, 2.05) is 18.2 Å². The number of ketones is 1. The SMILES string of the molecule is O=C1CCOC[C@H]2NC[C@@H](c3ccccc3)[C@H]12. The number of nitrogens with one attached hydrogen (secondary N) is 1. The topological polar surface area (TPSA) is 38.3 Å². The summed E-state index contributed by atoms with van der Waals surface area (Å²) in [6.45, 7) is 2.13. The number of fused-ring (bicyclic) bond motifs is 1. The minimum atomic E-state index is 0.0971. The minimum Gasteiger partial charge on any atom is -0.379 e. The van der Waals surface area contributed by atoms with Crippen LogP contribution in [0.15, 0.2) is 30.3 Å². The Morgan fingerprint density at radius 2 is 2.06 bits per heavy atom. The molecule has 17 heavy (non-hydrogen) atoms. The monoisotopic (exact) mass is 231 g/mol. The summed E-state index contributed by atoms with van der Waals surface area (Å²) < 4.78 is 5.48. The molecule has 2 saturated heterocycles. The van der Waals surface area contributed by atoms with Crippen LogP contribution in [0, 0.1) is 5.92 Å². The van der Waals surface area contributed by atoms with Crippen LogP contribution in [-0.4, -0.2) is 31.6 Å². The molecule has 0 spiro atoms. The van der Waals surface area contributed by atoms with E-state index >= 15 is 0 Å². The van der Waals surface area contributed by atoms with E-state index in [-0.39, 0.29) is 12.0 Å². The number of ether oxygens (including phenoxy) is 1. The molecule has 3 atom stereocenters. The maximum atomic E-state index is 12.2. The van der Waals surface area contributed by atoms with Crippen LogP contribution in [0.4, 0.5) is 0 Å². The zero-order chi connectivity index (χ0) is 11.7. The molecule has 0 aromatic heterocycles. The van der Waals surface area contributed by atoms with Gasteiger partial charge in [0.25, 0.3) is 0 Å². The summed E-state index contributed by atoms with van der Waals surface area (Å²) in [5.74, 6) is 0.765. The number of hydrogen-bond donors (Lipinski definition) is 1. The molecule has 0 bridgehead atoms. The number of carbonyl (C=O) groups is 1. The summed E-state index contributed by atoms with van der Waals surface area (Å²) in [7, 11) is 0. The molecule has 1 N–H and O–H groups in total. The molecule has 0 radical (unpaired) electrons. The van der Waals surface area contributed by atoms with E-state index in [9.17, 15) is 4.79 Å². The van der Waals surface area contributed by atoms with Gasteiger partial charge in [-0.1, -0.05) is 30.3 Å². The summed E-state index contributed by atoms with van der Waals surface area (Å²) in [6, 6.07) is 10.5. The molecule has 1 aromatic carbocycles. The van der Waals surface area contributed by atoms with Crippen molar-refractivity contribution in [1.82, 2.24) is 5.32 Å². The third kappa shape index (κ3) is 2.01. The van der Waals surface area contributed by atoms with Crippen LogP contribution in [-0.2, 0) is 9.53 Å². The second kappa shape index (κ2) is 4.59. The zero-order valence-corrected chi connectivity index (χ0v) is 9.76. The molecule has 3 heteroatoms. The first-order valence-corrected chi connectivity index (χ1v) is 6.25. The number of hydrogen-bond acceptors (Lipinski definition) is 3. The molecule has 0 amide bonds. The van der Waals surface area contributed by atoms with E-state index in [0.29, 0.717) is 31.3 Å². The van der Waals surface area contributed by atoms with Gasteiger partial charge in [-0.2, -0.15) is 0 Å². The van der Waals surface area contributed by atoms with Gasteiger partial charge >= 0.3 is 0 Å². The average Bonchev–Trinajstić information content (AvgIpc) is 2.71. The predicted molar refractivity (Wildman–Crippen MR) is 64.9 cm³/mol. The Bertz CT molecular complexity index is 404. The van der Waals surface area contributed by atoms with E-state index in [2.05, 4.69) is 17.4 Å². The normalized spacial score (nSPS) is 33.2. The summed E-state index contributed by atoms with van der Waals surface area (Å²) in [5.41, 5.74) is 1.27. The molecule has 2 aliphatic heterocycles. The van der Waals surface area contributed by atoms with Crippen LogP contribution >= 0.6 is 0 Å². The fraction of sp³-hybridized carbons (Fsp3) is 0.500. The Balaban J connectivity index is 1.89. The first-order chi connectivity index (χ1) is 8.36. The first kappa shape index (κ1) is 10.9. The molecule has 2 aliphatic rings. The Labute approximate surface area is 101 Å². The maximum Gasteiger partial charge on any atom is 0.140 e. The molecule has 0 saturated carbocycles. The van der Waals surface area contributed by atoms with Crippen molar-refractivity contribution in [1.29, 1.82) is 0 Å². The molecule has 3 nitrogen and oxygen atoms in total. The van der Waals surface area contributed by atoms with Gasteiger partial charge in [0, 0.05) is 30.8 Å². The Morgan fingerprint density at radius 1 is 1.24 bits per heavy atom. The fourth-order valence-electron chi connectivity index (χ4n) is 3.00. The Morgan fingerprint density at radius 3 is 2.88 bits per heavy atom. The van der Waals surface area contributed by atoms with Crippen molar-refractivity contribution < 1.29 is 9.53 Å². The minimum absolute atomic E-state index is 0.0971. The highest BCUT2D eigenvalue weighted by Gasteiger charge is 2.42. The zero-order valence-electron chi connectivity index (χ0n) is 9.76. The summed E-state index contributed by atoms with van der Waals surface area (Å²) >= 11 is 0. The van der Waals surface area contributed by atoms with Gasteiger partial charge in [0.1, 0.15) is 5.78 Å². The van der Waals surface area contributed by atoms with Gasteiger partial charge in [0.2, 0.25) is 0 Å². The van der Waals surface area contributed by atoms with Crippen LogP contribution in [0.1, 0.15) is 17.9 Å². The molecule has 90 valence electrons. The third-order valence-electron chi connectivity index (χ3n) is 3.86. The standard InChI is InChI=1S/C14H17NO2/c16-13-6-7-17-9-12-14(13)11(8-15-12)10-4-2-1-3-5-10/h1-5,11-12,14-15H,6-9H2/t11-,12+,14-/m0/s1. The molecule has 2 heterocycles. The Hall–Kier alpha value is -1.19. The summed E-state index contributed by atoms with van der Waals surface area (Å²) in [4.78, 5) is 12.2. The highest BCUT2D eigenvalue weighted by atomic mass is 16.5. The van der Waals surface area contributed by atoms with Crippen molar-refractivity contribution in [2.24, 2.45) is 5.92 Å². The molecule has 3 rings (SSSR count). The first-order valence-electron chi connectivity index (χ1n) is 6.25. The fourth-order valence-corrected chi connectivity index (χ4v) is 3.00. The Kier molecular flexibility index (Phi) is 2.95. The van der Waals surface area contributed by atoms with Crippen molar-refractivity contribution in [2.45, 2.75) is 18.4 Å². The van der Waals surface area contributed by atoms with Crippen LogP contribution in [0.3, 0.4) is 0 Å². The number of Topliss-reactive ketones (excluding diaryl/α,β-unsaturated/α-hetero) is 1. The van der Waals surface area contributed by atoms with Gasteiger partial charge in [-0.05, 0) is 5.56 Å². The average molecular weight is 231 g/mol. The number of carbonyl (C=O) groups excluding carboxylic acids is 1. The predicted octanol–water partition coefficient (Wildman–Crippen LogP) is 1.35. The van der Waals surface area contributed by atoms with Gasteiger partial charge in [-0.3, -0.25) is 4.79 Å². The van der Waals surface area contributed by atoms with E-state index in [1.165, 1.54) is 5.56 Å². The van der Waals surface area contributed by atoms with E-state index in [4.69, 9.17) is 4.74 Å². The van der Waals surface area contributed by atoms with Gasteiger partial charge in [-0.25, -0.2) is 0 Å². The highest BCUT2D eigenvalue weighted by molar-refractivity contribution is 5.83. The number of benzene rings is 1. The van der Waals surface area contributed by atoms with Crippen molar-refractivity contribution in [2.75, 3.05) is 19.8 Å². The van der Waals surface area contributed by atoms with Crippen molar-refractivity contribution in [3.05, 3.63) is 35.9 Å². The molecule has 2 fully saturated rings. The summed E-state index contributed by atoms with van der Waals surface area (Å²) in [6.07, 6.45) is 0.562. The van der Waals surface area contributed by atoms with E-state index in [1.54, 1.807) is 0 Å². The van der Waals surface area contributed by atoms with Crippen LogP contribution in [0.5, 0.6) is 0 Å². The van der Waals surface area contributed by atoms with E-state index in [0.717, 1.165) is 6.54 Å². The van der Waals surface area contributed by atoms with Crippen molar-refractivity contribution >= 4 is 5.78 Å². The second-order valence-corrected chi connectivity index (χ2v) is 4.85. The van der Waals surface area contributed by atoms with Gasteiger partial charge in [0.05, 0.1) is 13.2 Å². The van der Waals surface area contributed by atoms with Gasteiger partial charge < -0.3 is 10.1 Å². The molecule has 1 aromatic rings. The van der Waals surface area contributed by atoms with Gasteiger partial charge in [0.15, 0.2) is 0 Å². The van der Waals surface area contributed by atoms with E-state index < -0.39 is 0 Å². The lowest BCUT2D eigenvalue weighted by atomic mass is 9.82. The smallest absolute Gasteiger partial charge is 0.140 e. The van der Waals surface area contributed by atoms with Crippen LogP contribution < -0.4 is 5.32 Å². The van der Waals surface area contributed by atoms with Crippen molar-refractivity contribution in [3.8, 4) is 0 Å². The third-order valence-corrected chi connectivity index (χ3v) is 3.86. The summed E-state index contributed by atoms with van der Waals surface area (Å²) in [5, 5.41) is 3.43. The van der Waals surface area contributed by atoms with Crippen LogP contribution in [0.25, 0.3) is 0 Å². The lowest BCUT2D eigenvalue weighted by molar-refractivity contribution is -0.123. The van der Waals surface area contributed by atoms with Crippen molar-refractivity contribution in [3.63, 3.8) is 0 Å². The molecular weight excluding hydrogens is 214 g/mol. The molecule has 0 aliphatic carbocycles. The quantitative estimate of drug-likeness (QED) is 0.793. The largest absolute Gasteiger partial charge is 0.379 e.